The number of fused-ring (bicyclic) bond motifs is 1. The Kier molecular flexibility index (Phi) is 7.16. The highest BCUT2D eigenvalue weighted by molar-refractivity contribution is 6.55. The Morgan fingerprint density at radius 3 is 2.77 bits per heavy atom. The van der Waals surface area contributed by atoms with Gasteiger partial charge in [-0.2, -0.15) is 4.98 Å². The Bertz CT molecular complexity index is 987. The highest BCUT2D eigenvalue weighted by Crippen LogP contribution is 2.22. The van der Waals surface area contributed by atoms with Crippen LogP contribution in [-0.2, 0) is 16.2 Å². The zero-order chi connectivity index (χ0) is 21.6. The second-order valence-corrected chi connectivity index (χ2v) is 11.1. The molecule has 0 aliphatic carbocycles. The first-order valence-electron chi connectivity index (χ1n) is 10.8. The molecule has 0 bridgehead atoms. The number of aromatic nitrogens is 4. The summed E-state index contributed by atoms with van der Waals surface area (Å²) in [5.74, 6) is 2.23. The van der Waals surface area contributed by atoms with Gasteiger partial charge in [0.15, 0.2) is 0 Å². The molecule has 1 aliphatic heterocycles. The average molecular weight is 440 g/mol. The van der Waals surface area contributed by atoms with Crippen LogP contribution in [0.15, 0.2) is 36.8 Å². The number of nitrogens with zero attached hydrogens (tertiary/aromatic N) is 5. The van der Waals surface area contributed by atoms with E-state index in [1.54, 1.807) is 13.3 Å². The Balaban J connectivity index is 1.43. The van der Waals surface area contributed by atoms with Crippen molar-refractivity contribution in [2.75, 3.05) is 37.0 Å². The lowest BCUT2D eigenvalue weighted by Gasteiger charge is -2.31. The van der Waals surface area contributed by atoms with Gasteiger partial charge in [0.25, 0.3) is 0 Å². The van der Waals surface area contributed by atoms with Crippen LogP contribution in [0.25, 0.3) is 10.9 Å². The molecule has 1 N–H and O–H groups in total. The van der Waals surface area contributed by atoms with E-state index in [1.807, 2.05) is 24.5 Å². The van der Waals surface area contributed by atoms with Gasteiger partial charge in [0.05, 0.1) is 37.4 Å². The molecule has 1 saturated heterocycles. The van der Waals surface area contributed by atoms with Gasteiger partial charge in [-0.25, -0.2) is 9.97 Å². The lowest BCUT2D eigenvalue weighted by Crippen LogP contribution is -2.37. The predicted octanol–water partition coefficient (Wildman–Crippen LogP) is 3.91. The lowest BCUT2D eigenvalue weighted by atomic mass is 10.1. The van der Waals surface area contributed by atoms with Crippen molar-refractivity contribution >= 4 is 37.3 Å². The van der Waals surface area contributed by atoms with Crippen LogP contribution >= 0.6 is 0 Å². The number of pyridine rings is 1. The van der Waals surface area contributed by atoms with Gasteiger partial charge in [-0.1, -0.05) is 0 Å². The first-order chi connectivity index (χ1) is 15.1. The first-order valence-corrected chi connectivity index (χ1v) is 13.5. The average Bonchev–Trinajstić information content (AvgIpc) is 3.19. The summed E-state index contributed by atoms with van der Waals surface area (Å²) in [6.07, 6.45) is 8.04. The Labute approximate surface area is 185 Å². The Morgan fingerprint density at radius 2 is 2.00 bits per heavy atom. The first kappa shape index (κ1) is 21.7. The molecule has 164 valence electrons. The van der Waals surface area contributed by atoms with Crippen LogP contribution in [0.3, 0.4) is 0 Å². The molecule has 0 saturated carbocycles. The van der Waals surface area contributed by atoms with Crippen molar-refractivity contribution in [2.24, 2.45) is 0 Å². The van der Waals surface area contributed by atoms with Crippen LogP contribution in [0.4, 0.5) is 17.6 Å². The topological polar surface area (TPSA) is 77.3 Å². The molecule has 0 radical (unpaired) electrons. The molecular formula is C22H31N6O2Si+. The summed E-state index contributed by atoms with van der Waals surface area (Å²) in [5, 5.41) is 4.42. The third-order valence-corrected chi connectivity index (χ3v) is 6.79. The number of anilines is 3. The van der Waals surface area contributed by atoms with E-state index in [4.69, 9.17) is 14.5 Å². The summed E-state index contributed by atoms with van der Waals surface area (Å²) in [6.45, 7) is 7.78. The van der Waals surface area contributed by atoms with E-state index >= 15 is 0 Å². The number of hydrogen-bond donors (Lipinski definition) is 1. The van der Waals surface area contributed by atoms with Crippen LogP contribution in [0.5, 0.6) is 0 Å². The quantitative estimate of drug-likeness (QED) is 0.400. The Morgan fingerprint density at radius 1 is 1.16 bits per heavy atom. The number of hydrogen-bond acceptors (Lipinski definition) is 7. The molecule has 0 unspecified atom stereocenters. The third kappa shape index (κ3) is 5.60. The summed E-state index contributed by atoms with van der Waals surface area (Å²) in [7, 11) is 1.53. The molecule has 0 spiro atoms. The summed E-state index contributed by atoms with van der Waals surface area (Å²) >= 11 is 0. The number of piperidine rings is 1. The van der Waals surface area contributed by atoms with Gasteiger partial charge in [-0.15, -0.1) is 0 Å². The molecule has 0 aromatic carbocycles. The van der Waals surface area contributed by atoms with E-state index in [-0.39, 0.29) is 8.80 Å². The maximum Gasteiger partial charge on any atom is 0.310 e. The molecule has 9 heteroatoms. The van der Waals surface area contributed by atoms with E-state index in [0.29, 0.717) is 12.8 Å². The molecule has 0 amide bonds. The molecule has 0 atom stereocenters. The monoisotopic (exact) mass is 439 g/mol. The minimum Gasteiger partial charge on any atom is -0.381 e. The molecule has 4 rings (SSSR count). The summed E-state index contributed by atoms with van der Waals surface area (Å²) in [4.78, 5) is 15.9. The predicted molar refractivity (Wildman–Crippen MR) is 126 cm³/mol. The zero-order valence-corrected chi connectivity index (χ0v) is 19.5. The second-order valence-electron chi connectivity index (χ2n) is 8.20. The fourth-order valence-electron chi connectivity index (χ4n) is 3.70. The minimum absolute atomic E-state index is 0.250. The zero-order valence-electron chi connectivity index (χ0n) is 18.5. The third-order valence-electron chi connectivity index (χ3n) is 5.59. The van der Waals surface area contributed by atoms with E-state index in [9.17, 15) is 0 Å². The maximum atomic E-state index is 5.87. The van der Waals surface area contributed by atoms with Crippen LogP contribution in [0, 0.1) is 0 Å². The largest absolute Gasteiger partial charge is 0.381 e. The van der Waals surface area contributed by atoms with E-state index in [1.165, 1.54) is 0 Å². The summed E-state index contributed by atoms with van der Waals surface area (Å²) in [5.41, 5.74) is 1.09. The van der Waals surface area contributed by atoms with Gasteiger partial charge >= 0.3 is 8.80 Å². The van der Waals surface area contributed by atoms with Gasteiger partial charge in [0.2, 0.25) is 5.95 Å². The van der Waals surface area contributed by atoms with Gasteiger partial charge in [-0.05, 0) is 25.0 Å². The van der Waals surface area contributed by atoms with Crippen LogP contribution in [0.2, 0.25) is 19.1 Å². The molecule has 1 aliphatic rings. The van der Waals surface area contributed by atoms with E-state index in [0.717, 1.165) is 67.1 Å². The Hall–Kier alpha value is -2.49. The molecule has 3 aromatic rings. The van der Waals surface area contributed by atoms with Crippen LogP contribution in [0.1, 0.15) is 12.8 Å². The van der Waals surface area contributed by atoms with Gasteiger partial charge in [0.1, 0.15) is 18.4 Å². The highest BCUT2D eigenvalue weighted by Gasteiger charge is 2.20. The molecule has 31 heavy (non-hydrogen) atoms. The standard InChI is InChI=1S/C22H31N6O2Si/c1-29-18-6-10-27(11-7-18)22-23-8-4-20(26-22)25-21-14-19-17(15-24-21)5-9-28(19)16-30-12-13-31(2)3/h4-5,8-9,14-15,18H,6-7,10-13,16H2,1-3H3,(H,23,24,25,26)/q+1. The summed E-state index contributed by atoms with van der Waals surface area (Å²) in [6, 6.07) is 7.14. The molecular weight excluding hydrogens is 408 g/mol. The van der Waals surface area contributed by atoms with Crippen molar-refractivity contribution in [3.8, 4) is 0 Å². The van der Waals surface area contributed by atoms with Crippen molar-refractivity contribution in [2.45, 2.75) is 44.8 Å². The number of ether oxygens (including phenoxy) is 2. The maximum absolute atomic E-state index is 5.87. The normalized spacial score (nSPS) is 14.9. The smallest absolute Gasteiger partial charge is 0.310 e. The molecule has 4 heterocycles. The number of nitrogens with one attached hydrogen (secondary N) is 1. The molecule has 3 aromatic heterocycles. The minimum atomic E-state index is -0.250. The van der Waals surface area contributed by atoms with Gasteiger partial charge in [-0.3, -0.25) is 0 Å². The van der Waals surface area contributed by atoms with Crippen molar-refractivity contribution in [1.29, 1.82) is 0 Å². The fraction of sp³-hybridized carbons (Fsp3) is 0.500. The van der Waals surface area contributed by atoms with Crippen molar-refractivity contribution in [3.63, 3.8) is 0 Å². The van der Waals surface area contributed by atoms with Crippen molar-refractivity contribution in [3.05, 3.63) is 36.8 Å². The molecule has 1 fully saturated rings. The number of rotatable bonds is 9. The van der Waals surface area contributed by atoms with Gasteiger partial charge in [0, 0.05) is 50.2 Å². The fourth-order valence-corrected chi connectivity index (χ4v) is 4.25. The van der Waals surface area contributed by atoms with E-state index < -0.39 is 0 Å². The van der Waals surface area contributed by atoms with Crippen LogP contribution in [-0.4, -0.2) is 61.2 Å². The van der Waals surface area contributed by atoms with Crippen molar-refractivity contribution < 1.29 is 9.47 Å². The van der Waals surface area contributed by atoms with Crippen LogP contribution < -0.4 is 10.2 Å². The highest BCUT2D eigenvalue weighted by atomic mass is 28.3. The van der Waals surface area contributed by atoms with Crippen molar-refractivity contribution in [1.82, 2.24) is 19.5 Å². The SMILES string of the molecule is COC1CCN(c2nccc(Nc3cc4c(ccn4COCC[Si+](C)C)cn3)n2)CC1. The number of methoxy groups -OCH3 is 1. The lowest BCUT2D eigenvalue weighted by molar-refractivity contribution is 0.0816. The van der Waals surface area contributed by atoms with Gasteiger partial charge < -0.3 is 24.3 Å². The van der Waals surface area contributed by atoms with E-state index in [2.05, 4.69) is 43.9 Å². The summed E-state index contributed by atoms with van der Waals surface area (Å²) < 4.78 is 13.4. The molecule has 8 nitrogen and oxygen atoms in total. The second kappa shape index (κ2) is 10.2.